The largest absolute Gasteiger partial charge is 0.361 e. The van der Waals surface area contributed by atoms with Crippen LogP contribution in [0.5, 0.6) is 0 Å². The standard InChI is InChI=1S/C18H17ClN2O/c1-11-3-5-15(7-12(11)2)21-18(22)8-13-10-20-17-6-4-14(19)9-16(13)17/h3-7,9-10,20H,8H2,1-2H3,(H,21,22). The van der Waals surface area contributed by atoms with E-state index in [9.17, 15) is 4.79 Å². The molecular weight excluding hydrogens is 296 g/mol. The van der Waals surface area contributed by atoms with Crippen LogP contribution in [0.2, 0.25) is 5.02 Å². The quantitative estimate of drug-likeness (QED) is 0.728. The fourth-order valence-electron chi connectivity index (χ4n) is 2.49. The van der Waals surface area contributed by atoms with Gasteiger partial charge in [0.25, 0.3) is 0 Å². The van der Waals surface area contributed by atoms with Crippen molar-refractivity contribution in [1.82, 2.24) is 4.98 Å². The number of nitrogens with one attached hydrogen (secondary N) is 2. The van der Waals surface area contributed by atoms with Crippen LogP contribution < -0.4 is 5.32 Å². The maximum atomic E-state index is 12.2. The van der Waals surface area contributed by atoms with E-state index >= 15 is 0 Å². The van der Waals surface area contributed by atoms with Gasteiger partial charge in [-0.15, -0.1) is 0 Å². The van der Waals surface area contributed by atoms with Crippen molar-refractivity contribution in [1.29, 1.82) is 0 Å². The van der Waals surface area contributed by atoms with Gasteiger partial charge in [-0.05, 0) is 60.9 Å². The number of benzene rings is 2. The average Bonchev–Trinajstić information content (AvgIpc) is 2.85. The molecular formula is C18H17ClN2O. The van der Waals surface area contributed by atoms with Gasteiger partial charge in [0.2, 0.25) is 5.91 Å². The molecule has 0 saturated carbocycles. The molecule has 0 aliphatic carbocycles. The zero-order valence-corrected chi connectivity index (χ0v) is 13.3. The first-order valence-corrected chi connectivity index (χ1v) is 7.53. The molecule has 0 aliphatic rings. The Morgan fingerprint density at radius 2 is 1.95 bits per heavy atom. The molecule has 0 bridgehead atoms. The van der Waals surface area contributed by atoms with Gasteiger partial charge in [-0.25, -0.2) is 0 Å². The Morgan fingerprint density at radius 3 is 2.73 bits per heavy atom. The van der Waals surface area contributed by atoms with Gasteiger partial charge in [0, 0.05) is 27.8 Å². The number of H-pyrrole nitrogens is 1. The van der Waals surface area contributed by atoms with Crippen molar-refractivity contribution in [3.63, 3.8) is 0 Å². The molecule has 1 aromatic heterocycles. The fraction of sp³-hybridized carbons (Fsp3) is 0.167. The molecule has 0 aliphatic heterocycles. The molecule has 3 rings (SSSR count). The Labute approximate surface area is 134 Å². The number of carbonyl (C=O) groups is 1. The number of carbonyl (C=O) groups excluding carboxylic acids is 1. The molecule has 3 nitrogen and oxygen atoms in total. The molecule has 1 heterocycles. The van der Waals surface area contributed by atoms with Crippen molar-refractivity contribution in [2.45, 2.75) is 20.3 Å². The Hall–Kier alpha value is -2.26. The van der Waals surface area contributed by atoms with Crippen LogP contribution in [-0.2, 0) is 11.2 Å². The highest BCUT2D eigenvalue weighted by Crippen LogP contribution is 2.23. The molecule has 2 aromatic carbocycles. The summed E-state index contributed by atoms with van der Waals surface area (Å²) in [6, 6.07) is 11.6. The summed E-state index contributed by atoms with van der Waals surface area (Å²) in [5.74, 6) is -0.0378. The van der Waals surface area contributed by atoms with Crippen molar-refractivity contribution in [3.8, 4) is 0 Å². The predicted octanol–water partition coefficient (Wildman–Crippen LogP) is 4.62. The lowest BCUT2D eigenvalue weighted by molar-refractivity contribution is -0.115. The number of aromatic amines is 1. The van der Waals surface area contributed by atoms with Crippen LogP contribution in [0.25, 0.3) is 10.9 Å². The number of hydrogen-bond acceptors (Lipinski definition) is 1. The van der Waals surface area contributed by atoms with Crippen molar-refractivity contribution in [2.24, 2.45) is 0 Å². The first kappa shape index (κ1) is 14.7. The van der Waals surface area contributed by atoms with Crippen LogP contribution in [0, 0.1) is 13.8 Å². The molecule has 0 atom stereocenters. The third kappa shape index (κ3) is 3.00. The number of aryl methyl sites for hydroxylation is 2. The van der Waals surface area contributed by atoms with Crippen LogP contribution in [0.4, 0.5) is 5.69 Å². The molecule has 0 fully saturated rings. The smallest absolute Gasteiger partial charge is 0.228 e. The number of halogens is 1. The van der Waals surface area contributed by atoms with E-state index in [4.69, 9.17) is 11.6 Å². The van der Waals surface area contributed by atoms with E-state index in [1.54, 1.807) is 0 Å². The van der Waals surface area contributed by atoms with Gasteiger partial charge in [0.15, 0.2) is 0 Å². The molecule has 0 radical (unpaired) electrons. The van der Waals surface area contributed by atoms with Gasteiger partial charge in [-0.2, -0.15) is 0 Å². The second-order valence-electron chi connectivity index (χ2n) is 5.53. The number of aromatic nitrogens is 1. The van der Waals surface area contributed by atoms with Gasteiger partial charge >= 0.3 is 0 Å². The van der Waals surface area contributed by atoms with E-state index in [1.807, 2.05) is 49.5 Å². The molecule has 2 N–H and O–H groups in total. The normalized spacial score (nSPS) is 10.9. The van der Waals surface area contributed by atoms with Crippen molar-refractivity contribution in [3.05, 3.63) is 64.3 Å². The molecule has 0 saturated heterocycles. The number of hydrogen-bond donors (Lipinski definition) is 2. The van der Waals surface area contributed by atoms with Crippen LogP contribution in [0.15, 0.2) is 42.6 Å². The number of anilines is 1. The maximum absolute atomic E-state index is 12.2. The minimum atomic E-state index is -0.0378. The summed E-state index contributed by atoms with van der Waals surface area (Å²) in [5.41, 5.74) is 5.13. The SMILES string of the molecule is Cc1ccc(NC(=O)Cc2c[nH]c3ccc(Cl)cc23)cc1C. The second kappa shape index (κ2) is 5.85. The van der Waals surface area contributed by atoms with Crippen molar-refractivity contribution in [2.75, 3.05) is 5.32 Å². The van der Waals surface area contributed by atoms with Gasteiger partial charge in [-0.1, -0.05) is 17.7 Å². The lowest BCUT2D eigenvalue weighted by atomic mass is 10.1. The first-order valence-electron chi connectivity index (χ1n) is 7.15. The number of fused-ring (bicyclic) bond motifs is 1. The monoisotopic (exact) mass is 312 g/mol. The predicted molar refractivity (Wildman–Crippen MR) is 91.6 cm³/mol. The molecule has 1 amide bonds. The van der Waals surface area contributed by atoms with Crippen LogP contribution in [0.1, 0.15) is 16.7 Å². The van der Waals surface area contributed by atoms with Gasteiger partial charge in [0.05, 0.1) is 6.42 Å². The molecule has 22 heavy (non-hydrogen) atoms. The minimum absolute atomic E-state index is 0.0378. The summed E-state index contributed by atoms with van der Waals surface area (Å²) in [4.78, 5) is 15.4. The van der Waals surface area contributed by atoms with E-state index in [0.29, 0.717) is 11.4 Å². The molecule has 4 heteroatoms. The summed E-state index contributed by atoms with van der Waals surface area (Å²) < 4.78 is 0. The Kier molecular flexibility index (Phi) is 3.90. The van der Waals surface area contributed by atoms with Gasteiger partial charge in [-0.3, -0.25) is 4.79 Å². The Bertz CT molecular complexity index is 851. The van der Waals surface area contributed by atoms with E-state index in [0.717, 1.165) is 27.7 Å². The topological polar surface area (TPSA) is 44.9 Å². The maximum Gasteiger partial charge on any atom is 0.228 e. The summed E-state index contributed by atoms with van der Waals surface area (Å²) in [5, 5.41) is 4.60. The zero-order chi connectivity index (χ0) is 15.7. The summed E-state index contributed by atoms with van der Waals surface area (Å²) in [6.07, 6.45) is 2.17. The van der Waals surface area contributed by atoms with Crippen LogP contribution in [0.3, 0.4) is 0 Å². The van der Waals surface area contributed by atoms with Crippen molar-refractivity contribution < 1.29 is 4.79 Å². The summed E-state index contributed by atoms with van der Waals surface area (Å²) in [7, 11) is 0. The molecule has 0 unspecified atom stereocenters. The second-order valence-corrected chi connectivity index (χ2v) is 5.96. The Balaban J connectivity index is 1.78. The molecule has 112 valence electrons. The number of rotatable bonds is 3. The lowest BCUT2D eigenvalue weighted by Gasteiger charge is -2.07. The lowest BCUT2D eigenvalue weighted by Crippen LogP contribution is -2.14. The van der Waals surface area contributed by atoms with E-state index in [-0.39, 0.29) is 5.91 Å². The summed E-state index contributed by atoms with van der Waals surface area (Å²) >= 11 is 6.03. The van der Waals surface area contributed by atoms with Crippen LogP contribution in [-0.4, -0.2) is 10.9 Å². The fourth-order valence-corrected chi connectivity index (χ4v) is 2.67. The van der Waals surface area contributed by atoms with E-state index in [2.05, 4.69) is 17.2 Å². The highest BCUT2D eigenvalue weighted by atomic mass is 35.5. The van der Waals surface area contributed by atoms with Gasteiger partial charge < -0.3 is 10.3 Å². The molecule has 0 spiro atoms. The van der Waals surface area contributed by atoms with Crippen molar-refractivity contribution >= 4 is 34.1 Å². The van der Waals surface area contributed by atoms with E-state index < -0.39 is 0 Å². The average molecular weight is 313 g/mol. The minimum Gasteiger partial charge on any atom is -0.361 e. The summed E-state index contributed by atoms with van der Waals surface area (Å²) in [6.45, 7) is 4.09. The Morgan fingerprint density at radius 1 is 1.14 bits per heavy atom. The highest BCUT2D eigenvalue weighted by molar-refractivity contribution is 6.31. The van der Waals surface area contributed by atoms with Gasteiger partial charge in [0.1, 0.15) is 0 Å². The van der Waals surface area contributed by atoms with E-state index in [1.165, 1.54) is 5.56 Å². The van der Waals surface area contributed by atoms with Crippen LogP contribution >= 0.6 is 11.6 Å². The third-order valence-corrected chi connectivity index (χ3v) is 4.11. The zero-order valence-electron chi connectivity index (χ0n) is 12.5. The first-order chi connectivity index (χ1) is 10.5. The highest BCUT2D eigenvalue weighted by Gasteiger charge is 2.10. The molecule has 3 aromatic rings. The third-order valence-electron chi connectivity index (χ3n) is 3.87. The number of amides is 1.